The number of rotatable bonds is 10. The van der Waals surface area contributed by atoms with E-state index in [1.54, 1.807) is 6.92 Å². The van der Waals surface area contributed by atoms with Crippen LogP contribution in [-0.4, -0.2) is 45.9 Å². The molecule has 0 radical (unpaired) electrons. The monoisotopic (exact) mass is 349 g/mol. The van der Waals surface area contributed by atoms with Crippen molar-refractivity contribution in [1.82, 2.24) is 4.72 Å². The second-order valence-corrected chi connectivity index (χ2v) is 6.42. The van der Waals surface area contributed by atoms with Gasteiger partial charge in [0.25, 0.3) is 0 Å². The molecule has 9 heteroatoms. The molecule has 2 N–H and O–H groups in total. The molecule has 0 aliphatic rings. The molecule has 1 aromatic rings. The number of carbonyl (C=O) groups is 1. The highest BCUT2D eigenvalue weighted by atomic mass is 32.2. The molecular formula is C14H20FNO6S. The van der Waals surface area contributed by atoms with Gasteiger partial charge in [-0.25, -0.2) is 12.8 Å². The third-order valence-corrected chi connectivity index (χ3v) is 4.41. The zero-order valence-corrected chi connectivity index (χ0v) is 13.7. The van der Waals surface area contributed by atoms with E-state index in [1.165, 1.54) is 13.2 Å². The lowest BCUT2D eigenvalue weighted by Gasteiger charge is -2.16. The van der Waals surface area contributed by atoms with Crippen molar-refractivity contribution in [2.75, 3.05) is 20.3 Å². The SMILES string of the molecule is CCCC(NS(=O)(=O)c1cc(F)ccc1OCCOC)C(=O)O. The van der Waals surface area contributed by atoms with E-state index in [0.717, 1.165) is 12.1 Å². The molecular weight excluding hydrogens is 329 g/mol. The summed E-state index contributed by atoms with van der Waals surface area (Å²) in [6.45, 7) is 2.02. The van der Waals surface area contributed by atoms with Crippen molar-refractivity contribution in [1.29, 1.82) is 0 Å². The van der Waals surface area contributed by atoms with E-state index in [9.17, 15) is 17.6 Å². The maximum absolute atomic E-state index is 13.4. The minimum atomic E-state index is -4.25. The summed E-state index contributed by atoms with van der Waals surface area (Å²) in [7, 11) is -2.80. The van der Waals surface area contributed by atoms with Gasteiger partial charge >= 0.3 is 5.97 Å². The van der Waals surface area contributed by atoms with Gasteiger partial charge in [0, 0.05) is 7.11 Å². The molecule has 23 heavy (non-hydrogen) atoms. The lowest BCUT2D eigenvalue weighted by molar-refractivity contribution is -0.139. The van der Waals surface area contributed by atoms with E-state index in [0.29, 0.717) is 6.42 Å². The summed E-state index contributed by atoms with van der Waals surface area (Å²) in [6.07, 6.45) is 0.587. The molecule has 0 saturated carbocycles. The lowest BCUT2D eigenvalue weighted by atomic mass is 10.2. The smallest absolute Gasteiger partial charge is 0.321 e. The zero-order chi connectivity index (χ0) is 17.5. The molecule has 1 unspecified atom stereocenters. The highest BCUT2D eigenvalue weighted by molar-refractivity contribution is 7.89. The van der Waals surface area contributed by atoms with Crippen molar-refractivity contribution in [3.63, 3.8) is 0 Å². The largest absolute Gasteiger partial charge is 0.490 e. The Morgan fingerprint density at radius 3 is 2.65 bits per heavy atom. The summed E-state index contributed by atoms with van der Waals surface area (Å²) in [5.41, 5.74) is 0. The number of benzene rings is 1. The second kappa shape index (κ2) is 8.80. The molecule has 0 saturated heterocycles. The molecule has 1 rings (SSSR count). The van der Waals surface area contributed by atoms with Crippen molar-refractivity contribution in [3.8, 4) is 5.75 Å². The Balaban J connectivity index is 3.10. The van der Waals surface area contributed by atoms with Crippen LogP contribution in [0.5, 0.6) is 5.75 Å². The minimum absolute atomic E-state index is 0.0714. The topological polar surface area (TPSA) is 102 Å². The van der Waals surface area contributed by atoms with Gasteiger partial charge in [0.1, 0.15) is 29.1 Å². The third kappa shape index (κ3) is 5.77. The molecule has 0 heterocycles. The number of carboxylic acids is 1. The molecule has 7 nitrogen and oxygen atoms in total. The first-order valence-corrected chi connectivity index (χ1v) is 8.46. The van der Waals surface area contributed by atoms with E-state index in [4.69, 9.17) is 14.6 Å². The summed E-state index contributed by atoms with van der Waals surface area (Å²) in [4.78, 5) is 10.7. The summed E-state index contributed by atoms with van der Waals surface area (Å²) in [5, 5.41) is 9.06. The van der Waals surface area contributed by atoms with Crippen LogP contribution in [0.1, 0.15) is 19.8 Å². The van der Waals surface area contributed by atoms with Crippen molar-refractivity contribution in [2.45, 2.75) is 30.7 Å². The van der Waals surface area contributed by atoms with E-state index in [1.807, 2.05) is 0 Å². The molecule has 0 aliphatic carbocycles. The molecule has 0 spiro atoms. The molecule has 0 amide bonds. The number of hydrogen-bond acceptors (Lipinski definition) is 5. The minimum Gasteiger partial charge on any atom is -0.490 e. The van der Waals surface area contributed by atoms with Crippen LogP contribution in [0.15, 0.2) is 23.1 Å². The molecule has 0 bridgehead atoms. The molecule has 0 aliphatic heterocycles. The predicted molar refractivity (Wildman–Crippen MR) is 80.4 cm³/mol. The number of halogens is 1. The predicted octanol–water partition coefficient (Wildman–Crippen LogP) is 1.38. The Hall–Kier alpha value is -1.71. The van der Waals surface area contributed by atoms with Crippen LogP contribution in [0.2, 0.25) is 0 Å². The van der Waals surface area contributed by atoms with Crippen LogP contribution in [-0.2, 0) is 19.6 Å². The van der Waals surface area contributed by atoms with Gasteiger partial charge in [-0.2, -0.15) is 4.72 Å². The molecule has 1 aromatic carbocycles. The number of hydrogen-bond donors (Lipinski definition) is 2. The van der Waals surface area contributed by atoms with Gasteiger partial charge < -0.3 is 14.6 Å². The fourth-order valence-corrected chi connectivity index (χ4v) is 3.20. The van der Waals surface area contributed by atoms with Crippen molar-refractivity contribution in [3.05, 3.63) is 24.0 Å². The van der Waals surface area contributed by atoms with Gasteiger partial charge in [0.05, 0.1) is 6.61 Å². The van der Waals surface area contributed by atoms with E-state index < -0.39 is 32.7 Å². The summed E-state index contributed by atoms with van der Waals surface area (Å²) >= 11 is 0. The second-order valence-electron chi connectivity index (χ2n) is 4.73. The molecule has 1 atom stereocenters. The fraction of sp³-hybridized carbons (Fsp3) is 0.500. The Morgan fingerprint density at radius 2 is 2.09 bits per heavy atom. The maximum atomic E-state index is 13.4. The number of ether oxygens (including phenoxy) is 2. The van der Waals surface area contributed by atoms with Gasteiger partial charge in [0.15, 0.2) is 0 Å². The van der Waals surface area contributed by atoms with Crippen LogP contribution < -0.4 is 9.46 Å². The zero-order valence-electron chi connectivity index (χ0n) is 12.9. The Labute approximate surface area is 134 Å². The van der Waals surface area contributed by atoms with Crippen molar-refractivity contribution in [2.24, 2.45) is 0 Å². The summed E-state index contributed by atoms with van der Waals surface area (Å²) < 4.78 is 50.3. The van der Waals surface area contributed by atoms with Gasteiger partial charge in [0.2, 0.25) is 10.0 Å². The first-order valence-electron chi connectivity index (χ1n) is 6.98. The first-order chi connectivity index (χ1) is 10.8. The maximum Gasteiger partial charge on any atom is 0.321 e. The average Bonchev–Trinajstić information content (AvgIpc) is 2.48. The first kappa shape index (κ1) is 19.3. The Bertz CT molecular complexity index is 634. The van der Waals surface area contributed by atoms with Crippen LogP contribution in [0.4, 0.5) is 4.39 Å². The highest BCUT2D eigenvalue weighted by Crippen LogP contribution is 2.25. The van der Waals surface area contributed by atoms with E-state index >= 15 is 0 Å². The fourth-order valence-electron chi connectivity index (χ4n) is 1.82. The molecule has 130 valence electrons. The van der Waals surface area contributed by atoms with Gasteiger partial charge in [-0.1, -0.05) is 13.3 Å². The number of aliphatic carboxylic acids is 1. The average molecular weight is 349 g/mol. The number of methoxy groups -OCH3 is 1. The standard InChI is InChI=1S/C14H20FNO6S/c1-3-4-11(14(17)18)16-23(19,20)13-9-10(15)5-6-12(13)22-8-7-21-2/h5-6,9,11,16H,3-4,7-8H2,1-2H3,(H,17,18). The lowest BCUT2D eigenvalue weighted by Crippen LogP contribution is -2.40. The van der Waals surface area contributed by atoms with Crippen LogP contribution in [0, 0.1) is 5.82 Å². The third-order valence-electron chi connectivity index (χ3n) is 2.91. The van der Waals surface area contributed by atoms with E-state index in [2.05, 4.69) is 4.72 Å². The van der Waals surface area contributed by atoms with Crippen LogP contribution in [0.25, 0.3) is 0 Å². The molecule has 0 aromatic heterocycles. The van der Waals surface area contributed by atoms with Gasteiger partial charge in [-0.3, -0.25) is 4.79 Å². The van der Waals surface area contributed by atoms with Crippen molar-refractivity contribution >= 4 is 16.0 Å². The van der Waals surface area contributed by atoms with Gasteiger partial charge in [-0.15, -0.1) is 0 Å². The van der Waals surface area contributed by atoms with Gasteiger partial charge in [-0.05, 0) is 24.6 Å². The normalized spacial score (nSPS) is 12.8. The Kier molecular flexibility index (Phi) is 7.40. The Morgan fingerprint density at radius 1 is 1.39 bits per heavy atom. The number of sulfonamides is 1. The summed E-state index contributed by atoms with van der Waals surface area (Å²) in [5.74, 6) is -2.14. The number of carboxylic acid groups (broad SMARTS) is 1. The quantitative estimate of drug-likeness (QED) is 0.619. The van der Waals surface area contributed by atoms with Crippen LogP contribution >= 0.6 is 0 Å². The summed E-state index contributed by atoms with van der Waals surface area (Å²) in [6, 6.07) is 1.73. The van der Waals surface area contributed by atoms with Crippen molar-refractivity contribution < 1.29 is 32.2 Å². The molecule has 0 fully saturated rings. The van der Waals surface area contributed by atoms with Crippen LogP contribution in [0.3, 0.4) is 0 Å². The highest BCUT2D eigenvalue weighted by Gasteiger charge is 2.27. The number of nitrogens with one attached hydrogen (secondary N) is 1. The van der Waals surface area contributed by atoms with E-state index in [-0.39, 0.29) is 25.4 Å².